The summed E-state index contributed by atoms with van der Waals surface area (Å²) >= 11 is 0. The fraction of sp³-hybridized carbons (Fsp3) is 0.222. The number of hydrogen-bond acceptors (Lipinski definition) is 3. The van der Waals surface area contributed by atoms with E-state index in [1.807, 2.05) is 54.3 Å². The van der Waals surface area contributed by atoms with Crippen LogP contribution in [-0.4, -0.2) is 28.9 Å². The molecule has 0 unspecified atom stereocenters. The number of para-hydroxylation sites is 1. The molecule has 0 aliphatic carbocycles. The number of aryl methyl sites for hydroxylation is 1. The Kier molecular flexibility index (Phi) is 2.96. The molecule has 4 heteroatoms. The number of rotatable bonds is 2. The van der Waals surface area contributed by atoms with E-state index in [4.69, 9.17) is 4.42 Å². The number of carbonyl (C=O) groups excluding carboxylic acids is 1. The van der Waals surface area contributed by atoms with Crippen molar-refractivity contribution in [3.05, 3.63) is 65.7 Å². The second-order valence-corrected chi connectivity index (χ2v) is 5.77. The summed E-state index contributed by atoms with van der Waals surface area (Å²) in [6, 6.07) is 13.7. The number of amides is 1. The molecule has 3 heterocycles. The van der Waals surface area contributed by atoms with Crippen molar-refractivity contribution in [1.29, 1.82) is 0 Å². The third-order valence-electron chi connectivity index (χ3n) is 4.23. The highest BCUT2D eigenvalue weighted by molar-refractivity contribution is 5.97. The lowest BCUT2D eigenvalue weighted by Crippen LogP contribution is -2.48. The summed E-state index contributed by atoms with van der Waals surface area (Å²) < 4.78 is 5.75. The molecule has 1 amide bonds. The Morgan fingerprint density at radius 3 is 2.82 bits per heavy atom. The van der Waals surface area contributed by atoms with Crippen LogP contribution in [0.5, 0.6) is 0 Å². The van der Waals surface area contributed by atoms with Gasteiger partial charge in [0.2, 0.25) is 0 Å². The lowest BCUT2D eigenvalue weighted by molar-refractivity contribution is 0.0568. The molecule has 0 N–H and O–H groups in total. The lowest BCUT2D eigenvalue weighted by Gasteiger charge is -2.38. The first kappa shape index (κ1) is 13.1. The minimum absolute atomic E-state index is 0.0391. The fourth-order valence-corrected chi connectivity index (χ4v) is 2.92. The molecule has 110 valence electrons. The van der Waals surface area contributed by atoms with Crippen molar-refractivity contribution in [3.63, 3.8) is 0 Å². The molecular formula is C18H16N2O2. The van der Waals surface area contributed by atoms with Crippen molar-refractivity contribution >= 4 is 16.9 Å². The lowest BCUT2D eigenvalue weighted by atomic mass is 9.95. The molecule has 1 saturated heterocycles. The van der Waals surface area contributed by atoms with Gasteiger partial charge in [-0.25, -0.2) is 0 Å². The second-order valence-electron chi connectivity index (χ2n) is 5.77. The molecule has 0 saturated carbocycles. The molecule has 22 heavy (non-hydrogen) atoms. The van der Waals surface area contributed by atoms with Gasteiger partial charge in [0.05, 0.1) is 0 Å². The van der Waals surface area contributed by atoms with E-state index in [-0.39, 0.29) is 5.91 Å². The van der Waals surface area contributed by atoms with E-state index in [9.17, 15) is 4.79 Å². The van der Waals surface area contributed by atoms with Gasteiger partial charge in [-0.1, -0.05) is 24.3 Å². The van der Waals surface area contributed by atoms with E-state index in [0.717, 1.165) is 22.2 Å². The van der Waals surface area contributed by atoms with Crippen LogP contribution in [0.25, 0.3) is 11.0 Å². The average molecular weight is 292 g/mol. The topological polar surface area (TPSA) is 46.3 Å². The summed E-state index contributed by atoms with van der Waals surface area (Å²) in [6.07, 6.45) is 1.79. The number of fused-ring (bicyclic) bond motifs is 1. The first-order chi connectivity index (χ1) is 10.7. The predicted molar refractivity (Wildman–Crippen MR) is 83.8 cm³/mol. The molecule has 4 rings (SSSR count). The fourth-order valence-electron chi connectivity index (χ4n) is 2.92. The summed E-state index contributed by atoms with van der Waals surface area (Å²) in [7, 11) is 0. The molecule has 3 aromatic rings. The van der Waals surface area contributed by atoms with Crippen LogP contribution >= 0.6 is 0 Å². The van der Waals surface area contributed by atoms with Gasteiger partial charge in [0.15, 0.2) is 5.76 Å². The molecular weight excluding hydrogens is 276 g/mol. The minimum atomic E-state index is -0.0391. The van der Waals surface area contributed by atoms with Gasteiger partial charge in [0, 0.05) is 36.3 Å². The van der Waals surface area contributed by atoms with Gasteiger partial charge < -0.3 is 9.32 Å². The Bertz CT molecular complexity index is 833. The van der Waals surface area contributed by atoms with Gasteiger partial charge >= 0.3 is 0 Å². The minimum Gasteiger partial charge on any atom is -0.451 e. The zero-order chi connectivity index (χ0) is 15.1. The highest BCUT2D eigenvalue weighted by Gasteiger charge is 2.34. The highest BCUT2D eigenvalue weighted by atomic mass is 16.3. The Morgan fingerprint density at radius 1 is 1.23 bits per heavy atom. The van der Waals surface area contributed by atoms with Crippen molar-refractivity contribution in [1.82, 2.24) is 9.88 Å². The van der Waals surface area contributed by atoms with Gasteiger partial charge in [-0.05, 0) is 30.7 Å². The SMILES string of the molecule is Cc1cccc2cc(C(=O)N3CC(c4ccccn4)C3)oc12. The number of likely N-dealkylation sites (tertiary alicyclic amines) is 1. The van der Waals surface area contributed by atoms with E-state index in [0.29, 0.717) is 24.8 Å². The van der Waals surface area contributed by atoms with E-state index < -0.39 is 0 Å². The quantitative estimate of drug-likeness (QED) is 0.727. The van der Waals surface area contributed by atoms with Crippen LogP contribution in [-0.2, 0) is 0 Å². The van der Waals surface area contributed by atoms with Gasteiger partial charge in [-0.15, -0.1) is 0 Å². The third kappa shape index (κ3) is 2.08. The van der Waals surface area contributed by atoms with Crippen LogP contribution in [0.2, 0.25) is 0 Å². The standard InChI is InChI=1S/C18H16N2O2/c1-12-5-4-6-13-9-16(22-17(12)13)18(21)20-10-14(11-20)15-7-2-3-8-19-15/h2-9,14H,10-11H2,1H3. The van der Waals surface area contributed by atoms with Crippen molar-refractivity contribution < 1.29 is 9.21 Å². The van der Waals surface area contributed by atoms with E-state index in [1.54, 1.807) is 6.20 Å². The van der Waals surface area contributed by atoms with Gasteiger partial charge in [-0.2, -0.15) is 0 Å². The van der Waals surface area contributed by atoms with Crippen molar-refractivity contribution in [2.75, 3.05) is 13.1 Å². The zero-order valence-electron chi connectivity index (χ0n) is 12.3. The molecule has 0 radical (unpaired) electrons. The van der Waals surface area contributed by atoms with Gasteiger partial charge in [0.1, 0.15) is 5.58 Å². The van der Waals surface area contributed by atoms with E-state index in [1.165, 1.54) is 0 Å². The Labute approximate surface area is 128 Å². The van der Waals surface area contributed by atoms with Crippen molar-refractivity contribution in [2.45, 2.75) is 12.8 Å². The molecule has 2 aromatic heterocycles. The summed E-state index contributed by atoms with van der Waals surface area (Å²) in [5.74, 6) is 0.711. The van der Waals surface area contributed by atoms with Crippen molar-refractivity contribution in [2.24, 2.45) is 0 Å². The number of aromatic nitrogens is 1. The number of furan rings is 1. The molecule has 0 atom stereocenters. The Morgan fingerprint density at radius 2 is 2.09 bits per heavy atom. The van der Waals surface area contributed by atoms with E-state index in [2.05, 4.69) is 4.98 Å². The molecule has 0 bridgehead atoms. The number of hydrogen-bond donors (Lipinski definition) is 0. The molecule has 0 spiro atoms. The van der Waals surface area contributed by atoms with Crippen LogP contribution in [0, 0.1) is 6.92 Å². The van der Waals surface area contributed by atoms with Crippen molar-refractivity contribution in [3.8, 4) is 0 Å². The third-order valence-corrected chi connectivity index (χ3v) is 4.23. The second kappa shape index (κ2) is 4.98. The predicted octanol–water partition coefficient (Wildman–Crippen LogP) is 3.38. The first-order valence-electron chi connectivity index (χ1n) is 7.42. The summed E-state index contributed by atoms with van der Waals surface area (Å²) in [5, 5.41) is 0.977. The van der Waals surface area contributed by atoms with Crippen LogP contribution < -0.4 is 0 Å². The molecule has 1 fully saturated rings. The van der Waals surface area contributed by atoms with Gasteiger partial charge in [-0.3, -0.25) is 9.78 Å². The van der Waals surface area contributed by atoms with E-state index >= 15 is 0 Å². The number of benzene rings is 1. The maximum absolute atomic E-state index is 12.5. The number of nitrogens with zero attached hydrogens (tertiary/aromatic N) is 2. The molecule has 1 aromatic carbocycles. The maximum Gasteiger partial charge on any atom is 0.289 e. The van der Waals surface area contributed by atoms with Gasteiger partial charge in [0.25, 0.3) is 5.91 Å². The normalized spacial score (nSPS) is 15.0. The maximum atomic E-state index is 12.5. The molecule has 4 nitrogen and oxygen atoms in total. The monoisotopic (exact) mass is 292 g/mol. The molecule has 1 aliphatic rings. The Hall–Kier alpha value is -2.62. The zero-order valence-corrected chi connectivity index (χ0v) is 12.3. The first-order valence-corrected chi connectivity index (χ1v) is 7.42. The van der Waals surface area contributed by atoms with Crippen LogP contribution in [0.3, 0.4) is 0 Å². The summed E-state index contributed by atoms with van der Waals surface area (Å²) in [4.78, 5) is 18.7. The molecule has 1 aliphatic heterocycles. The van der Waals surface area contributed by atoms with Crippen LogP contribution in [0.1, 0.15) is 27.7 Å². The summed E-state index contributed by atoms with van der Waals surface area (Å²) in [5.41, 5.74) is 2.89. The number of pyridine rings is 1. The van der Waals surface area contributed by atoms with Crippen LogP contribution in [0.4, 0.5) is 0 Å². The number of carbonyl (C=O) groups is 1. The summed E-state index contributed by atoms with van der Waals surface area (Å²) in [6.45, 7) is 3.39. The van der Waals surface area contributed by atoms with Crippen LogP contribution in [0.15, 0.2) is 53.1 Å². The highest BCUT2D eigenvalue weighted by Crippen LogP contribution is 2.29. The average Bonchev–Trinajstić information content (AvgIpc) is 2.92. The Balaban J connectivity index is 1.52. The largest absolute Gasteiger partial charge is 0.451 e. The smallest absolute Gasteiger partial charge is 0.289 e.